The highest BCUT2D eigenvalue weighted by Crippen LogP contribution is 2.40. The summed E-state index contributed by atoms with van der Waals surface area (Å²) >= 11 is 0. The molecule has 4 rings (SSSR count). The van der Waals surface area contributed by atoms with E-state index >= 15 is 8.78 Å². The molecule has 4 heteroatoms. The van der Waals surface area contributed by atoms with Crippen molar-refractivity contribution in [3.63, 3.8) is 0 Å². The Kier molecular flexibility index (Phi) is 16.2. The maximum atomic E-state index is 15.4. The number of ether oxygens (including phenoxy) is 1. The predicted octanol–water partition coefficient (Wildman–Crippen LogP) is 14.4. The Morgan fingerprint density at radius 2 is 1.11 bits per heavy atom. The summed E-state index contributed by atoms with van der Waals surface area (Å²) in [6, 6.07) is 15.9. The molecular formula is C43H59F3O. The van der Waals surface area contributed by atoms with Gasteiger partial charge in [0.1, 0.15) is 5.82 Å². The second kappa shape index (κ2) is 20.6. The van der Waals surface area contributed by atoms with Crippen LogP contribution in [0.25, 0.3) is 22.3 Å². The molecule has 0 atom stereocenters. The molecule has 0 radical (unpaired) electrons. The summed E-state index contributed by atoms with van der Waals surface area (Å²) in [6.45, 7) is 4.85. The molecule has 3 aromatic carbocycles. The number of hydrogen-bond acceptors (Lipinski definition) is 1. The summed E-state index contributed by atoms with van der Waals surface area (Å²) in [5.74, 6) is -0.947. The van der Waals surface area contributed by atoms with Gasteiger partial charge in [-0.05, 0) is 84.4 Å². The van der Waals surface area contributed by atoms with E-state index in [4.69, 9.17) is 4.74 Å². The van der Waals surface area contributed by atoms with Crippen molar-refractivity contribution in [3.8, 4) is 28.0 Å². The van der Waals surface area contributed by atoms with Crippen molar-refractivity contribution in [2.75, 3.05) is 6.61 Å². The Hall–Kier alpha value is -2.75. The van der Waals surface area contributed by atoms with Crippen LogP contribution in [0.4, 0.5) is 13.2 Å². The molecule has 0 amide bonds. The topological polar surface area (TPSA) is 9.23 Å². The third-order valence-corrected chi connectivity index (χ3v) is 10.3. The summed E-state index contributed by atoms with van der Waals surface area (Å²) in [7, 11) is 0. The minimum Gasteiger partial charge on any atom is -0.490 e. The zero-order valence-corrected chi connectivity index (χ0v) is 29.2. The molecule has 0 N–H and O–H groups in total. The van der Waals surface area contributed by atoms with Gasteiger partial charge in [-0.2, -0.15) is 4.39 Å². The molecule has 0 spiro atoms. The van der Waals surface area contributed by atoms with Crippen LogP contribution in [0.2, 0.25) is 0 Å². The van der Waals surface area contributed by atoms with Crippen molar-refractivity contribution >= 4 is 0 Å². The van der Waals surface area contributed by atoms with E-state index in [0.29, 0.717) is 18.1 Å². The van der Waals surface area contributed by atoms with E-state index in [9.17, 15) is 4.39 Å². The fourth-order valence-corrected chi connectivity index (χ4v) is 7.32. The zero-order valence-electron chi connectivity index (χ0n) is 29.2. The first-order valence-electron chi connectivity index (χ1n) is 19.0. The van der Waals surface area contributed by atoms with Gasteiger partial charge < -0.3 is 4.74 Å². The Balaban J connectivity index is 1.24. The Bertz CT molecular complexity index is 1310. The van der Waals surface area contributed by atoms with Crippen LogP contribution < -0.4 is 4.74 Å². The van der Waals surface area contributed by atoms with Crippen molar-refractivity contribution in [1.82, 2.24) is 0 Å². The van der Waals surface area contributed by atoms with Crippen LogP contribution in [-0.4, -0.2) is 6.61 Å². The molecule has 0 unspecified atom stereocenters. The summed E-state index contributed by atoms with van der Waals surface area (Å²) < 4.78 is 50.9. The van der Waals surface area contributed by atoms with Gasteiger partial charge in [-0.15, -0.1) is 0 Å². The number of benzene rings is 3. The van der Waals surface area contributed by atoms with Gasteiger partial charge in [0.25, 0.3) is 0 Å². The zero-order chi connectivity index (χ0) is 33.3. The molecule has 1 aliphatic carbocycles. The molecule has 258 valence electrons. The third kappa shape index (κ3) is 11.7. The molecule has 0 saturated heterocycles. The average molecular weight is 649 g/mol. The first-order chi connectivity index (χ1) is 23.0. The lowest BCUT2D eigenvalue weighted by atomic mass is 9.76. The second-order valence-corrected chi connectivity index (χ2v) is 14.0. The van der Waals surface area contributed by atoms with E-state index in [1.165, 1.54) is 102 Å². The summed E-state index contributed by atoms with van der Waals surface area (Å²) in [6.07, 6.45) is 24.7. The second-order valence-electron chi connectivity index (χ2n) is 14.0. The van der Waals surface area contributed by atoms with Crippen molar-refractivity contribution in [2.45, 2.75) is 148 Å². The SMILES string of the molecule is CCCCCCCCCCC1CCC(c2ccc(-c3ccc(-c4ccc(OCCCCCCCCC)c(F)c4F)cc3)cc2F)CC1. The van der Waals surface area contributed by atoms with Gasteiger partial charge in [-0.3, -0.25) is 0 Å². The molecule has 47 heavy (non-hydrogen) atoms. The molecular weight excluding hydrogens is 589 g/mol. The number of unbranched alkanes of at least 4 members (excludes halogenated alkanes) is 13. The molecule has 0 heterocycles. The van der Waals surface area contributed by atoms with Gasteiger partial charge in [-0.25, -0.2) is 8.78 Å². The summed E-state index contributed by atoms with van der Waals surface area (Å²) in [5, 5.41) is 0. The van der Waals surface area contributed by atoms with E-state index in [1.807, 2.05) is 24.3 Å². The lowest BCUT2D eigenvalue weighted by Gasteiger charge is -2.29. The monoisotopic (exact) mass is 648 g/mol. The third-order valence-electron chi connectivity index (χ3n) is 10.3. The molecule has 0 bridgehead atoms. The number of halogens is 3. The lowest BCUT2D eigenvalue weighted by molar-refractivity contribution is 0.285. The van der Waals surface area contributed by atoms with Crippen molar-refractivity contribution in [1.29, 1.82) is 0 Å². The minimum absolute atomic E-state index is 0.0404. The Morgan fingerprint density at radius 3 is 1.72 bits per heavy atom. The average Bonchev–Trinajstić information content (AvgIpc) is 3.09. The largest absolute Gasteiger partial charge is 0.490 e. The van der Waals surface area contributed by atoms with Crippen LogP contribution in [0.3, 0.4) is 0 Å². The van der Waals surface area contributed by atoms with Crippen LogP contribution in [0, 0.1) is 23.4 Å². The van der Waals surface area contributed by atoms with Crippen LogP contribution in [0.1, 0.15) is 154 Å². The summed E-state index contributed by atoms with van der Waals surface area (Å²) in [5.41, 5.74) is 3.25. The standard InChI is InChI=1S/C43H59F3O/c1-3-5-7-9-11-12-14-16-18-33-19-21-35(22-20-33)38-28-27-37(32-40(38)44)34-23-25-36(26-24-34)39-29-30-41(43(46)42(39)45)47-31-17-15-13-10-8-6-4-2/h23-30,32-33,35H,3-22,31H2,1-2H3. The Morgan fingerprint density at radius 1 is 0.553 bits per heavy atom. The molecule has 1 aliphatic rings. The van der Waals surface area contributed by atoms with Crippen LogP contribution >= 0.6 is 0 Å². The first kappa shape index (κ1) is 37.1. The maximum Gasteiger partial charge on any atom is 0.201 e. The van der Waals surface area contributed by atoms with Crippen LogP contribution in [-0.2, 0) is 0 Å². The van der Waals surface area contributed by atoms with E-state index in [-0.39, 0.29) is 17.1 Å². The van der Waals surface area contributed by atoms with Gasteiger partial charge in [-0.1, -0.05) is 147 Å². The minimum atomic E-state index is -0.950. The molecule has 1 nitrogen and oxygen atoms in total. The molecule has 1 saturated carbocycles. The molecule has 0 aromatic heterocycles. The molecule has 1 fully saturated rings. The van der Waals surface area contributed by atoms with Gasteiger partial charge in [0.15, 0.2) is 11.6 Å². The van der Waals surface area contributed by atoms with Gasteiger partial charge in [0.2, 0.25) is 5.82 Å². The van der Waals surface area contributed by atoms with Gasteiger partial charge in [0.05, 0.1) is 6.61 Å². The van der Waals surface area contributed by atoms with Crippen molar-refractivity contribution in [3.05, 3.63) is 77.6 Å². The summed E-state index contributed by atoms with van der Waals surface area (Å²) in [4.78, 5) is 0. The van der Waals surface area contributed by atoms with E-state index in [1.54, 1.807) is 24.3 Å². The van der Waals surface area contributed by atoms with Crippen molar-refractivity contribution in [2.24, 2.45) is 5.92 Å². The van der Waals surface area contributed by atoms with Crippen LogP contribution in [0.5, 0.6) is 5.75 Å². The lowest BCUT2D eigenvalue weighted by Crippen LogP contribution is -2.14. The smallest absolute Gasteiger partial charge is 0.201 e. The van der Waals surface area contributed by atoms with Crippen molar-refractivity contribution < 1.29 is 17.9 Å². The maximum absolute atomic E-state index is 15.4. The normalized spacial score (nSPS) is 16.4. The van der Waals surface area contributed by atoms with Gasteiger partial charge in [0, 0.05) is 5.56 Å². The quantitative estimate of drug-likeness (QED) is 0.104. The number of rotatable bonds is 21. The van der Waals surface area contributed by atoms with Crippen LogP contribution in [0.15, 0.2) is 54.6 Å². The number of hydrogen-bond donors (Lipinski definition) is 0. The van der Waals surface area contributed by atoms with E-state index in [0.717, 1.165) is 54.7 Å². The highest BCUT2D eigenvalue weighted by Gasteiger charge is 2.24. The Labute approximate surface area is 283 Å². The molecule has 0 aliphatic heterocycles. The fourth-order valence-electron chi connectivity index (χ4n) is 7.32. The van der Waals surface area contributed by atoms with E-state index < -0.39 is 11.6 Å². The van der Waals surface area contributed by atoms with Gasteiger partial charge >= 0.3 is 0 Å². The predicted molar refractivity (Wildman–Crippen MR) is 193 cm³/mol. The highest BCUT2D eigenvalue weighted by atomic mass is 19.2. The van der Waals surface area contributed by atoms with E-state index in [2.05, 4.69) is 13.8 Å². The molecule has 3 aromatic rings. The first-order valence-corrected chi connectivity index (χ1v) is 19.0. The fraction of sp³-hybridized carbons (Fsp3) is 0.581. The highest BCUT2D eigenvalue weighted by molar-refractivity contribution is 5.71.